The van der Waals surface area contributed by atoms with Gasteiger partial charge >= 0.3 is 0 Å². The van der Waals surface area contributed by atoms with Gasteiger partial charge in [-0.2, -0.15) is 0 Å². The molecule has 7 heteroatoms. The topological polar surface area (TPSA) is 75.0 Å². The average Bonchev–Trinajstić information content (AvgIpc) is 3.23. The zero-order valence-electron chi connectivity index (χ0n) is 14.8. The lowest BCUT2D eigenvalue weighted by molar-refractivity contribution is -0.131. The molecule has 0 spiro atoms. The Hall–Kier alpha value is -2.96. The number of ether oxygens (including phenoxy) is 1. The highest BCUT2D eigenvalue weighted by Gasteiger charge is 2.21. The first-order valence-corrected chi connectivity index (χ1v) is 8.66. The molecule has 1 aliphatic rings. The molecule has 138 valence electrons. The molecule has 7 nitrogen and oxygen atoms in total. The highest BCUT2D eigenvalue weighted by Crippen LogP contribution is 2.20. The molecule has 1 aromatic heterocycles. The van der Waals surface area contributed by atoms with Crippen LogP contribution in [0.15, 0.2) is 47.1 Å². The number of hydrogen-bond donors (Lipinski definition) is 1. The van der Waals surface area contributed by atoms with E-state index in [1.54, 1.807) is 19.2 Å². The van der Waals surface area contributed by atoms with E-state index >= 15 is 0 Å². The molecular weight excluding hydrogens is 334 g/mol. The monoisotopic (exact) mass is 357 g/mol. The molecule has 0 aliphatic carbocycles. The average molecular weight is 357 g/mol. The summed E-state index contributed by atoms with van der Waals surface area (Å²) in [5.74, 6) is 0.843. The van der Waals surface area contributed by atoms with E-state index in [4.69, 9.17) is 9.15 Å². The summed E-state index contributed by atoms with van der Waals surface area (Å²) in [5.41, 5.74) is 1.13. The van der Waals surface area contributed by atoms with Crippen molar-refractivity contribution in [2.75, 3.05) is 44.7 Å². The Balaban J connectivity index is 1.41. The normalized spacial score (nSPS) is 14.2. The van der Waals surface area contributed by atoms with Crippen LogP contribution >= 0.6 is 0 Å². The molecule has 1 fully saturated rings. The van der Waals surface area contributed by atoms with Crippen LogP contribution in [0.5, 0.6) is 5.75 Å². The fraction of sp³-hybridized carbons (Fsp3) is 0.368. The molecule has 2 aromatic rings. The summed E-state index contributed by atoms with van der Waals surface area (Å²) in [6, 6.07) is 11.2. The number of nitrogens with zero attached hydrogens (tertiary/aromatic N) is 2. The molecule has 0 radical (unpaired) electrons. The molecule has 0 bridgehead atoms. The summed E-state index contributed by atoms with van der Waals surface area (Å²) in [5, 5.41) is 2.70. The molecule has 0 atom stereocenters. The Kier molecular flexibility index (Phi) is 5.78. The number of amides is 2. The van der Waals surface area contributed by atoms with Crippen molar-refractivity contribution < 1.29 is 18.7 Å². The maximum absolute atomic E-state index is 12.3. The maximum atomic E-state index is 12.3. The van der Waals surface area contributed by atoms with Gasteiger partial charge in [-0.15, -0.1) is 0 Å². The van der Waals surface area contributed by atoms with Gasteiger partial charge < -0.3 is 24.3 Å². The second kappa shape index (κ2) is 8.42. The van der Waals surface area contributed by atoms with Crippen LogP contribution in [-0.2, 0) is 4.79 Å². The molecule has 2 heterocycles. The number of rotatable bonds is 6. The molecule has 0 unspecified atom stereocenters. The van der Waals surface area contributed by atoms with Gasteiger partial charge in [0.2, 0.25) is 5.91 Å². The summed E-state index contributed by atoms with van der Waals surface area (Å²) < 4.78 is 10.2. The Morgan fingerprint density at radius 2 is 1.85 bits per heavy atom. The molecule has 1 aromatic carbocycles. The molecule has 26 heavy (non-hydrogen) atoms. The number of methoxy groups -OCH3 is 1. The predicted octanol–water partition coefficient (Wildman–Crippen LogP) is 1.76. The van der Waals surface area contributed by atoms with Crippen LogP contribution in [0.3, 0.4) is 0 Å². The van der Waals surface area contributed by atoms with E-state index in [0.717, 1.165) is 24.5 Å². The second-order valence-electron chi connectivity index (χ2n) is 6.05. The minimum Gasteiger partial charge on any atom is -0.497 e. The Labute approximate surface area is 152 Å². The first-order valence-electron chi connectivity index (χ1n) is 8.66. The third kappa shape index (κ3) is 4.36. The minimum atomic E-state index is -0.299. The van der Waals surface area contributed by atoms with E-state index in [0.29, 0.717) is 19.6 Å². The fourth-order valence-electron chi connectivity index (χ4n) is 2.94. The summed E-state index contributed by atoms with van der Waals surface area (Å²) >= 11 is 0. The summed E-state index contributed by atoms with van der Waals surface area (Å²) in [6.45, 7) is 3.23. The van der Waals surface area contributed by atoms with E-state index in [1.165, 1.54) is 6.26 Å². The van der Waals surface area contributed by atoms with E-state index in [2.05, 4.69) is 10.2 Å². The van der Waals surface area contributed by atoms with Crippen LogP contribution in [0, 0.1) is 0 Å². The molecule has 1 N–H and O–H groups in total. The fourth-order valence-corrected chi connectivity index (χ4v) is 2.94. The summed E-state index contributed by atoms with van der Waals surface area (Å²) in [4.78, 5) is 28.2. The van der Waals surface area contributed by atoms with E-state index in [9.17, 15) is 9.59 Å². The van der Waals surface area contributed by atoms with Crippen molar-refractivity contribution in [1.29, 1.82) is 0 Å². The Morgan fingerprint density at radius 3 is 2.46 bits per heavy atom. The predicted molar refractivity (Wildman–Crippen MR) is 97.4 cm³/mol. The third-order valence-corrected chi connectivity index (χ3v) is 4.44. The van der Waals surface area contributed by atoms with Crippen molar-refractivity contribution >= 4 is 17.5 Å². The lowest BCUT2D eigenvalue weighted by Gasteiger charge is -2.36. The highest BCUT2D eigenvalue weighted by molar-refractivity contribution is 5.91. The van der Waals surface area contributed by atoms with Gasteiger partial charge in [-0.05, 0) is 36.4 Å². The molecule has 1 saturated heterocycles. The van der Waals surface area contributed by atoms with Crippen LogP contribution in [0.1, 0.15) is 17.0 Å². The minimum absolute atomic E-state index is 0.0547. The van der Waals surface area contributed by atoms with Gasteiger partial charge in [0, 0.05) is 44.8 Å². The van der Waals surface area contributed by atoms with Crippen molar-refractivity contribution in [3.8, 4) is 5.75 Å². The van der Waals surface area contributed by atoms with Crippen molar-refractivity contribution in [3.05, 3.63) is 48.4 Å². The van der Waals surface area contributed by atoms with Crippen LogP contribution in [0.4, 0.5) is 5.69 Å². The number of anilines is 1. The number of piperazine rings is 1. The van der Waals surface area contributed by atoms with E-state index < -0.39 is 0 Å². The standard InChI is InChI=1S/C19H23N3O4/c1-25-16-6-4-15(5-7-16)21-10-12-22(13-11-21)18(23)8-9-20-19(24)17-3-2-14-26-17/h2-7,14H,8-13H2,1H3,(H,20,24). The molecular formula is C19H23N3O4. The van der Waals surface area contributed by atoms with Gasteiger partial charge in [0.1, 0.15) is 5.75 Å². The Bertz CT molecular complexity index is 720. The van der Waals surface area contributed by atoms with Crippen LogP contribution in [0.25, 0.3) is 0 Å². The number of nitrogens with one attached hydrogen (secondary N) is 1. The zero-order chi connectivity index (χ0) is 18.4. The van der Waals surface area contributed by atoms with Gasteiger partial charge in [-0.1, -0.05) is 0 Å². The smallest absolute Gasteiger partial charge is 0.286 e. The van der Waals surface area contributed by atoms with E-state index in [1.807, 2.05) is 29.2 Å². The highest BCUT2D eigenvalue weighted by atomic mass is 16.5. The van der Waals surface area contributed by atoms with Crippen LogP contribution < -0.4 is 15.0 Å². The van der Waals surface area contributed by atoms with Crippen molar-refractivity contribution in [2.24, 2.45) is 0 Å². The van der Waals surface area contributed by atoms with Gasteiger partial charge in [0.25, 0.3) is 5.91 Å². The zero-order valence-corrected chi connectivity index (χ0v) is 14.8. The molecule has 2 amide bonds. The molecule has 0 saturated carbocycles. The third-order valence-electron chi connectivity index (χ3n) is 4.44. The van der Waals surface area contributed by atoms with Crippen LogP contribution in [-0.4, -0.2) is 56.5 Å². The van der Waals surface area contributed by atoms with Crippen molar-refractivity contribution in [3.63, 3.8) is 0 Å². The lowest BCUT2D eigenvalue weighted by Crippen LogP contribution is -2.49. The quantitative estimate of drug-likeness (QED) is 0.853. The van der Waals surface area contributed by atoms with Gasteiger partial charge in [0.05, 0.1) is 13.4 Å². The number of carbonyl (C=O) groups is 2. The number of hydrogen-bond acceptors (Lipinski definition) is 5. The Morgan fingerprint density at radius 1 is 1.12 bits per heavy atom. The largest absolute Gasteiger partial charge is 0.497 e. The van der Waals surface area contributed by atoms with Crippen molar-refractivity contribution in [2.45, 2.75) is 6.42 Å². The van der Waals surface area contributed by atoms with Crippen molar-refractivity contribution in [1.82, 2.24) is 10.2 Å². The second-order valence-corrected chi connectivity index (χ2v) is 6.05. The van der Waals surface area contributed by atoms with Crippen LogP contribution in [0.2, 0.25) is 0 Å². The first kappa shape index (κ1) is 17.8. The lowest BCUT2D eigenvalue weighted by atomic mass is 10.2. The van der Waals surface area contributed by atoms with Gasteiger partial charge in [-0.25, -0.2) is 0 Å². The van der Waals surface area contributed by atoms with E-state index in [-0.39, 0.29) is 24.0 Å². The number of furan rings is 1. The molecule has 3 rings (SSSR count). The maximum Gasteiger partial charge on any atom is 0.286 e. The number of benzene rings is 1. The summed E-state index contributed by atoms with van der Waals surface area (Å²) in [6.07, 6.45) is 1.73. The van der Waals surface area contributed by atoms with Gasteiger partial charge in [0.15, 0.2) is 5.76 Å². The SMILES string of the molecule is COc1ccc(N2CCN(C(=O)CCNC(=O)c3ccco3)CC2)cc1. The first-order chi connectivity index (χ1) is 12.7. The molecule has 1 aliphatic heterocycles. The van der Waals surface area contributed by atoms with Gasteiger partial charge in [-0.3, -0.25) is 9.59 Å². The summed E-state index contributed by atoms with van der Waals surface area (Å²) in [7, 11) is 1.65. The number of carbonyl (C=O) groups excluding carboxylic acids is 2.